The number of guanidine groups is 1. The van der Waals surface area contributed by atoms with Crippen LogP contribution >= 0.6 is 0 Å². The molecule has 0 aliphatic rings. The highest BCUT2D eigenvalue weighted by atomic mass is 16.5. The molecule has 0 aliphatic carbocycles. The summed E-state index contributed by atoms with van der Waals surface area (Å²) < 4.78 is 5.88. The lowest BCUT2D eigenvalue weighted by Gasteiger charge is -2.21. The third-order valence-corrected chi connectivity index (χ3v) is 4.07. The van der Waals surface area contributed by atoms with Gasteiger partial charge in [-0.05, 0) is 39.7 Å². The zero-order valence-corrected chi connectivity index (χ0v) is 16.8. The molecule has 1 unspecified atom stereocenters. The van der Waals surface area contributed by atoms with E-state index in [4.69, 9.17) is 4.74 Å². The fourth-order valence-electron chi connectivity index (χ4n) is 2.39. The fourth-order valence-corrected chi connectivity index (χ4v) is 2.39. The number of nitrogens with one attached hydrogen (secondary N) is 3. The Labute approximate surface area is 157 Å². The zero-order valence-electron chi connectivity index (χ0n) is 16.8. The fraction of sp³-hybridized carbons (Fsp3) is 0.600. The van der Waals surface area contributed by atoms with Crippen LogP contribution in [0.5, 0.6) is 0 Å². The van der Waals surface area contributed by atoms with E-state index in [0.717, 1.165) is 25.5 Å². The van der Waals surface area contributed by atoms with E-state index >= 15 is 0 Å². The van der Waals surface area contributed by atoms with E-state index in [1.54, 1.807) is 7.05 Å². The molecule has 146 valence electrons. The predicted octanol–water partition coefficient (Wildman–Crippen LogP) is 2.48. The second kappa shape index (κ2) is 11.5. The standard InChI is InChI=1S/C20H34N4O2/c1-6-22-19(24-15-20(3,4)18(25)21-5)23-13-10-14-26-16(2)17-11-8-7-9-12-17/h7-9,11-12,16H,6,10,13-15H2,1-5H3,(H,21,25)(H2,22,23,24). The summed E-state index contributed by atoms with van der Waals surface area (Å²) in [5, 5.41) is 9.17. The van der Waals surface area contributed by atoms with E-state index in [9.17, 15) is 4.79 Å². The summed E-state index contributed by atoms with van der Waals surface area (Å²) in [5.74, 6) is 0.709. The Morgan fingerprint density at radius 3 is 2.54 bits per heavy atom. The van der Waals surface area contributed by atoms with Gasteiger partial charge in [-0.1, -0.05) is 30.3 Å². The summed E-state index contributed by atoms with van der Waals surface area (Å²) in [6, 6.07) is 10.2. The first-order valence-corrected chi connectivity index (χ1v) is 9.31. The number of ether oxygens (including phenoxy) is 1. The topological polar surface area (TPSA) is 74.8 Å². The van der Waals surface area contributed by atoms with E-state index in [1.165, 1.54) is 5.56 Å². The number of carbonyl (C=O) groups excluding carboxylic acids is 1. The van der Waals surface area contributed by atoms with Gasteiger partial charge in [0.25, 0.3) is 0 Å². The van der Waals surface area contributed by atoms with Gasteiger partial charge >= 0.3 is 0 Å². The van der Waals surface area contributed by atoms with Crippen molar-refractivity contribution in [3.8, 4) is 0 Å². The highest BCUT2D eigenvalue weighted by Crippen LogP contribution is 2.16. The van der Waals surface area contributed by atoms with Gasteiger partial charge in [-0.2, -0.15) is 0 Å². The quantitative estimate of drug-likeness (QED) is 0.340. The zero-order chi connectivity index (χ0) is 19.4. The van der Waals surface area contributed by atoms with Gasteiger partial charge in [0.2, 0.25) is 5.91 Å². The minimum absolute atomic E-state index is 0.0135. The minimum atomic E-state index is -0.536. The van der Waals surface area contributed by atoms with Crippen LogP contribution in [0.15, 0.2) is 35.3 Å². The molecular weight excluding hydrogens is 328 g/mol. The Hall–Kier alpha value is -2.08. The number of amides is 1. The van der Waals surface area contributed by atoms with E-state index < -0.39 is 5.41 Å². The molecule has 1 aromatic rings. The maximum Gasteiger partial charge on any atom is 0.227 e. The van der Waals surface area contributed by atoms with E-state index in [2.05, 4.69) is 40.0 Å². The lowest BCUT2D eigenvalue weighted by Crippen LogP contribution is -2.41. The van der Waals surface area contributed by atoms with E-state index in [1.807, 2.05) is 39.0 Å². The summed E-state index contributed by atoms with van der Waals surface area (Å²) in [6.07, 6.45) is 0.965. The first-order valence-electron chi connectivity index (χ1n) is 9.31. The van der Waals surface area contributed by atoms with Crippen LogP contribution in [0.25, 0.3) is 0 Å². The number of hydrogen-bond donors (Lipinski definition) is 3. The molecule has 0 bridgehead atoms. The lowest BCUT2D eigenvalue weighted by molar-refractivity contribution is -0.128. The minimum Gasteiger partial charge on any atom is -0.374 e. The molecule has 26 heavy (non-hydrogen) atoms. The number of hydrogen-bond acceptors (Lipinski definition) is 3. The first-order chi connectivity index (χ1) is 12.4. The third-order valence-electron chi connectivity index (χ3n) is 4.07. The lowest BCUT2D eigenvalue weighted by atomic mass is 9.93. The van der Waals surface area contributed by atoms with Crippen molar-refractivity contribution in [2.75, 3.05) is 33.3 Å². The molecule has 0 spiro atoms. The van der Waals surface area contributed by atoms with Crippen molar-refractivity contribution >= 4 is 11.9 Å². The van der Waals surface area contributed by atoms with Gasteiger partial charge in [-0.25, -0.2) is 0 Å². The van der Waals surface area contributed by atoms with Crippen LogP contribution in [0, 0.1) is 5.41 Å². The molecule has 3 N–H and O–H groups in total. The molecule has 6 nitrogen and oxygen atoms in total. The summed E-state index contributed by atoms with van der Waals surface area (Å²) in [4.78, 5) is 16.4. The maximum absolute atomic E-state index is 11.8. The molecule has 1 aromatic carbocycles. The highest BCUT2D eigenvalue weighted by Gasteiger charge is 2.26. The molecule has 1 rings (SSSR count). The Morgan fingerprint density at radius 1 is 1.23 bits per heavy atom. The Morgan fingerprint density at radius 2 is 1.92 bits per heavy atom. The Bertz CT molecular complexity index is 558. The summed E-state index contributed by atoms with van der Waals surface area (Å²) in [6.45, 7) is 10.5. The largest absolute Gasteiger partial charge is 0.374 e. The van der Waals surface area contributed by atoms with Crippen LogP contribution < -0.4 is 16.0 Å². The summed E-state index contributed by atoms with van der Waals surface area (Å²) in [5.41, 5.74) is 0.650. The van der Waals surface area contributed by atoms with Gasteiger partial charge in [0.1, 0.15) is 0 Å². The second-order valence-corrected chi connectivity index (χ2v) is 6.86. The van der Waals surface area contributed by atoms with Gasteiger partial charge in [0, 0.05) is 26.7 Å². The third kappa shape index (κ3) is 7.87. The number of rotatable bonds is 10. The molecule has 0 heterocycles. The summed E-state index contributed by atoms with van der Waals surface area (Å²) >= 11 is 0. The molecule has 0 aromatic heterocycles. The van der Waals surface area contributed by atoms with Gasteiger partial charge < -0.3 is 20.7 Å². The SMILES string of the molecule is CCNC(=NCC(C)(C)C(=O)NC)NCCCOC(C)c1ccccc1. The molecular formula is C20H34N4O2. The van der Waals surface area contributed by atoms with Gasteiger partial charge in [-0.3, -0.25) is 9.79 Å². The van der Waals surface area contributed by atoms with Crippen molar-refractivity contribution in [1.82, 2.24) is 16.0 Å². The van der Waals surface area contributed by atoms with Crippen molar-refractivity contribution in [3.05, 3.63) is 35.9 Å². The van der Waals surface area contributed by atoms with Gasteiger partial charge in [0.05, 0.1) is 18.1 Å². The van der Waals surface area contributed by atoms with Crippen LogP contribution in [0.3, 0.4) is 0 Å². The van der Waals surface area contributed by atoms with Crippen molar-refractivity contribution in [3.63, 3.8) is 0 Å². The summed E-state index contributed by atoms with van der Waals surface area (Å²) in [7, 11) is 1.65. The maximum atomic E-state index is 11.8. The monoisotopic (exact) mass is 362 g/mol. The molecule has 0 aliphatic heterocycles. The second-order valence-electron chi connectivity index (χ2n) is 6.86. The molecule has 0 fully saturated rings. The Kier molecular flexibility index (Phi) is 9.73. The van der Waals surface area contributed by atoms with E-state index in [0.29, 0.717) is 13.2 Å². The molecule has 0 radical (unpaired) electrons. The number of nitrogens with zero attached hydrogens (tertiary/aromatic N) is 1. The van der Waals surface area contributed by atoms with Crippen LogP contribution in [0.1, 0.15) is 45.8 Å². The normalized spacial score (nSPS) is 13.2. The van der Waals surface area contributed by atoms with Crippen LogP contribution in [-0.2, 0) is 9.53 Å². The average molecular weight is 363 g/mol. The first kappa shape index (κ1) is 22.0. The van der Waals surface area contributed by atoms with Gasteiger partial charge in [0.15, 0.2) is 5.96 Å². The highest BCUT2D eigenvalue weighted by molar-refractivity contribution is 5.83. The number of benzene rings is 1. The van der Waals surface area contributed by atoms with Crippen molar-refractivity contribution in [2.24, 2.45) is 10.4 Å². The van der Waals surface area contributed by atoms with Crippen LogP contribution in [-0.4, -0.2) is 45.2 Å². The van der Waals surface area contributed by atoms with Crippen LogP contribution in [0.4, 0.5) is 0 Å². The van der Waals surface area contributed by atoms with Crippen molar-refractivity contribution in [2.45, 2.75) is 40.2 Å². The van der Waals surface area contributed by atoms with Crippen molar-refractivity contribution in [1.29, 1.82) is 0 Å². The van der Waals surface area contributed by atoms with Crippen molar-refractivity contribution < 1.29 is 9.53 Å². The van der Waals surface area contributed by atoms with Crippen LogP contribution in [0.2, 0.25) is 0 Å². The smallest absolute Gasteiger partial charge is 0.227 e. The molecule has 1 amide bonds. The number of aliphatic imine (C=N–C) groups is 1. The molecule has 1 atom stereocenters. The van der Waals surface area contributed by atoms with Gasteiger partial charge in [-0.15, -0.1) is 0 Å². The average Bonchev–Trinajstić information content (AvgIpc) is 2.65. The predicted molar refractivity (Wildman–Crippen MR) is 107 cm³/mol. The van der Waals surface area contributed by atoms with E-state index in [-0.39, 0.29) is 12.0 Å². The molecule has 6 heteroatoms. The molecule has 0 saturated heterocycles. The number of carbonyl (C=O) groups is 1. The molecule has 0 saturated carbocycles. The Balaban J connectivity index is 2.37.